The van der Waals surface area contributed by atoms with Gasteiger partial charge in [0.05, 0.1) is 36.1 Å². The molecule has 2 rings (SSSR count). The molecule has 0 aliphatic carbocycles. The highest BCUT2D eigenvalue weighted by Gasteiger charge is 2.32. The number of likely N-dealkylation sites (N-methyl/N-ethyl adjacent to an activating group) is 1. The summed E-state index contributed by atoms with van der Waals surface area (Å²) in [7, 11) is 1.51. The maximum absolute atomic E-state index is 13.6. The van der Waals surface area contributed by atoms with Crippen LogP contribution in [0.2, 0.25) is 5.02 Å². The molecule has 2 atom stereocenters. The molecule has 7 heteroatoms. The van der Waals surface area contributed by atoms with Gasteiger partial charge in [0.25, 0.3) is 0 Å². The molecule has 5 nitrogen and oxygen atoms in total. The van der Waals surface area contributed by atoms with E-state index in [0.29, 0.717) is 0 Å². The van der Waals surface area contributed by atoms with Gasteiger partial charge in [0.15, 0.2) is 5.82 Å². The normalized spacial score (nSPS) is 22.3. The van der Waals surface area contributed by atoms with E-state index in [1.165, 1.54) is 30.1 Å². The highest BCUT2D eigenvalue weighted by Crippen LogP contribution is 2.22. The third-order valence-electron chi connectivity index (χ3n) is 3.03. The Bertz CT molecular complexity index is 486. The number of aliphatic hydroxyl groups excluding tert-OH is 1. The molecule has 104 valence electrons. The number of hydrogen-bond donors (Lipinski definition) is 2. The number of benzene rings is 1. The molecule has 1 fully saturated rings. The van der Waals surface area contributed by atoms with Crippen molar-refractivity contribution in [2.24, 2.45) is 0 Å². The molecule has 0 bridgehead atoms. The molecule has 1 saturated heterocycles. The van der Waals surface area contributed by atoms with Crippen LogP contribution < -0.4 is 5.32 Å². The van der Waals surface area contributed by atoms with E-state index in [4.69, 9.17) is 16.3 Å². The predicted molar refractivity (Wildman–Crippen MR) is 68.8 cm³/mol. The fourth-order valence-corrected chi connectivity index (χ4v) is 2.03. The third kappa shape index (κ3) is 2.97. The smallest absolute Gasteiger partial charge is 0.322 e. The zero-order valence-corrected chi connectivity index (χ0v) is 11.0. The van der Waals surface area contributed by atoms with Crippen molar-refractivity contribution in [3.05, 3.63) is 29.0 Å². The SMILES string of the molecule is CN(C(=O)Nc1cccc(Cl)c1F)[C@@H]1COC[C@H]1O. The van der Waals surface area contributed by atoms with Gasteiger partial charge in [-0.2, -0.15) is 0 Å². The highest BCUT2D eigenvalue weighted by molar-refractivity contribution is 6.31. The fourth-order valence-electron chi connectivity index (χ4n) is 1.86. The Morgan fingerprint density at radius 2 is 2.32 bits per heavy atom. The number of amides is 2. The summed E-state index contributed by atoms with van der Waals surface area (Å²) in [5.74, 6) is -0.686. The van der Waals surface area contributed by atoms with Crippen LogP contribution in [0, 0.1) is 5.82 Å². The Morgan fingerprint density at radius 1 is 1.58 bits per heavy atom. The number of ether oxygens (including phenoxy) is 1. The van der Waals surface area contributed by atoms with E-state index in [2.05, 4.69) is 5.32 Å². The highest BCUT2D eigenvalue weighted by atomic mass is 35.5. The van der Waals surface area contributed by atoms with Gasteiger partial charge >= 0.3 is 6.03 Å². The van der Waals surface area contributed by atoms with Gasteiger partial charge in [0.2, 0.25) is 0 Å². The van der Waals surface area contributed by atoms with Gasteiger partial charge in [-0.1, -0.05) is 17.7 Å². The second-order valence-electron chi connectivity index (χ2n) is 4.31. The van der Waals surface area contributed by atoms with Crippen molar-refractivity contribution in [1.82, 2.24) is 4.90 Å². The van der Waals surface area contributed by atoms with Crippen molar-refractivity contribution in [3.8, 4) is 0 Å². The third-order valence-corrected chi connectivity index (χ3v) is 3.32. The van der Waals surface area contributed by atoms with E-state index in [1.54, 1.807) is 0 Å². The van der Waals surface area contributed by atoms with E-state index in [9.17, 15) is 14.3 Å². The number of aliphatic hydroxyl groups is 1. The van der Waals surface area contributed by atoms with Crippen molar-refractivity contribution < 1.29 is 19.0 Å². The zero-order valence-electron chi connectivity index (χ0n) is 10.3. The molecular formula is C12H14ClFN2O3. The van der Waals surface area contributed by atoms with E-state index in [-0.39, 0.29) is 23.9 Å². The minimum atomic E-state index is -0.736. The van der Waals surface area contributed by atoms with Gasteiger partial charge < -0.3 is 20.1 Å². The number of anilines is 1. The van der Waals surface area contributed by atoms with E-state index in [1.807, 2.05) is 0 Å². The molecule has 2 N–H and O–H groups in total. The van der Waals surface area contributed by atoms with Gasteiger partial charge in [-0.3, -0.25) is 0 Å². The van der Waals surface area contributed by atoms with Crippen LogP contribution in [0.5, 0.6) is 0 Å². The van der Waals surface area contributed by atoms with Crippen molar-refractivity contribution >= 4 is 23.3 Å². The lowest BCUT2D eigenvalue weighted by Crippen LogP contribution is -2.46. The quantitative estimate of drug-likeness (QED) is 0.871. The van der Waals surface area contributed by atoms with E-state index >= 15 is 0 Å². The summed E-state index contributed by atoms with van der Waals surface area (Å²) in [5, 5.41) is 12.0. The molecule has 0 spiro atoms. The minimum absolute atomic E-state index is 0.00208. The maximum atomic E-state index is 13.6. The van der Waals surface area contributed by atoms with Crippen LogP contribution in [-0.2, 0) is 4.74 Å². The summed E-state index contributed by atoms with van der Waals surface area (Å²) in [6.45, 7) is 0.441. The Balaban J connectivity index is 2.06. The van der Waals surface area contributed by atoms with Gasteiger partial charge in [0, 0.05) is 7.05 Å². The Hall–Kier alpha value is -1.37. The molecule has 0 radical (unpaired) electrons. The summed E-state index contributed by atoms with van der Waals surface area (Å²) in [6, 6.07) is 3.37. The summed E-state index contributed by atoms with van der Waals surface area (Å²) >= 11 is 5.63. The van der Waals surface area contributed by atoms with Crippen LogP contribution in [0.4, 0.5) is 14.9 Å². The average molecular weight is 289 g/mol. The van der Waals surface area contributed by atoms with Crippen LogP contribution in [0.1, 0.15) is 0 Å². The topological polar surface area (TPSA) is 61.8 Å². The summed E-state index contributed by atoms with van der Waals surface area (Å²) in [6.07, 6.45) is -0.736. The van der Waals surface area contributed by atoms with Crippen molar-refractivity contribution in [2.45, 2.75) is 12.1 Å². The molecule has 1 aromatic rings. The molecule has 1 aromatic carbocycles. The molecule has 1 aliphatic rings. The van der Waals surface area contributed by atoms with Crippen molar-refractivity contribution in [3.63, 3.8) is 0 Å². The van der Waals surface area contributed by atoms with E-state index < -0.39 is 24.0 Å². The van der Waals surface area contributed by atoms with Gasteiger partial charge in [-0.25, -0.2) is 9.18 Å². The fraction of sp³-hybridized carbons (Fsp3) is 0.417. The molecule has 2 amide bonds. The lowest BCUT2D eigenvalue weighted by atomic mass is 10.2. The lowest BCUT2D eigenvalue weighted by Gasteiger charge is -2.26. The molecule has 0 aromatic heterocycles. The minimum Gasteiger partial charge on any atom is -0.388 e. The molecule has 1 aliphatic heterocycles. The number of halogens is 2. The van der Waals surface area contributed by atoms with Crippen LogP contribution in [0.3, 0.4) is 0 Å². The van der Waals surface area contributed by atoms with Gasteiger partial charge in [-0.05, 0) is 12.1 Å². The number of carbonyl (C=O) groups is 1. The monoisotopic (exact) mass is 288 g/mol. The van der Waals surface area contributed by atoms with Gasteiger partial charge in [-0.15, -0.1) is 0 Å². The largest absolute Gasteiger partial charge is 0.388 e. The second-order valence-corrected chi connectivity index (χ2v) is 4.72. The summed E-state index contributed by atoms with van der Waals surface area (Å²) in [5.41, 5.74) is -0.00208. The molecule has 19 heavy (non-hydrogen) atoms. The zero-order chi connectivity index (χ0) is 14.0. The number of urea groups is 1. The Kier molecular flexibility index (Phi) is 4.24. The first kappa shape index (κ1) is 14.0. The average Bonchev–Trinajstić information content (AvgIpc) is 2.80. The maximum Gasteiger partial charge on any atom is 0.322 e. The number of nitrogens with zero attached hydrogens (tertiary/aromatic N) is 1. The Morgan fingerprint density at radius 3 is 2.95 bits per heavy atom. The molecule has 1 heterocycles. The van der Waals surface area contributed by atoms with Crippen molar-refractivity contribution in [2.75, 3.05) is 25.6 Å². The molecule has 0 unspecified atom stereocenters. The first-order chi connectivity index (χ1) is 9.00. The molecule has 0 saturated carbocycles. The number of hydrogen-bond acceptors (Lipinski definition) is 3. The predicted octanol–water partition coefficient (Wildman–Crippen LogP) is 1.70. The van der Waals surface area contributed by atoms with Crippen LogP contribution in [-0.4, -0.2) is 48.4 Å². The summed E-state index contributed by atoms with van der Waals surface area (Å²) in [4.78, 5) is 13.2. The number of rotatable bonds is 2. The standard InChI is InChI=1S/C12H14ClFN2O3/c1-16(9-5-19-6-10(9)17)12(18)15-8-4-2-3-7(13)11(8)14/h2-4,9-10,17H,5-6H2,1H3,(H,15,18)/t9-,10-/m1/s1. The number of carbonyl (C=O) groups excluding carboxylic acids is 1. The van der Waals surface area contributed by atoms with Crippen LogP contribution in [0.25, 0.3) is 0 Å². The van der Waals surface area contributed by atoms with Gasteiger partial charge in [0.1, 0.15) is 0 Å². The van der Waals surface area contributed by atoms with Crippen LogP contribution in [0.15, 0.2) is 18.2 Å². The number of nitrogens with one attached hydrogen (secondary N) is 1. The molecular weight excluding hydrogens is 275 g/mol. The van der Waals surface area contributed by atoms with Crippen LogP contribution >= 0.6 is 11.6 Å². The second kappa shape index (κ2) is 5.73. The summed E-state index contributed by atoms with van der Waals surface area (Å²) < 4.78 is 18.7. The first-order valence-electron chi connectivity index (χ1n) is 5.74. The first-order valence-corrected chi connectivity index (χ1v) is 6.12. The van der Waals surface area contributed by atoms with Crippen molar-refractivity contribution in [1.29, 1.82) is 0 Å². The van der Waals surface area contributed by atoms with E-state index in [0.717, 1.165) is 0 Å². The lowest BCUT2D eigenvalue weighted by molar-refractivity contribution is 0.106. The Labute approximate surface area is 114 Å².